The number of anilines is 1. The van der Waals surface area contributed by atoms with Crippen molar-refractivity contribution in [3.63, 3.8) is 0 Å². The van der Waals surface area contributed by atoms with Crippen LogP contribution in [0.5, 0.6) is 11.5 Å². The third-order valence-electron chi connectivity index (χ3n) is 3.52. The molecule has 8 heteroatoms. The minimum atomic E-state index is -0.159. The number of thioether (sulfide) groups is 1. The Morgan fingerprint density at radius 3 is 2.46 bits per heavy atom. The lowest BCUT2D eigenvalue weighted by Crippen LogP contribution is -2.14. The monoisotopic (exact) mass is 370 g/mol. The van der Waals surface area contributed by atoms with Crippen molar-refractivity contribution in [2.75, 3.05) is 25.3 Å². The van der Waals surface area contributed by atoms with Gasteiger partial charge >= 0.3 is 0 Å². The first-order valence-corrected chi connectivity index (χ1v) is 8.79. The zero-order valence-electron chi connectivity index (χ0n) is 14.4. The van der Waals surface area contributed by atoms with E-state index >= 15 is 0 Å². The highest BCUT2D eigenvalue weighted by molar-refractivity contribution is 7.99. The fraction of sp³-hybridized carbons (Fsp3) is 0.167. The van der Waals surface area contributed by atoms with Crippen LogP contribution in [0.15, 0.2) is 60.0 Å². The smallest absolute Gasteiger partial charge is 0.234 e. The molecule has 0 bridgehead atoms. The average molecular weight is 370 g/mol. The van der Waals surface area contributed by atoms with Crippen LogP contribution < -0.4 is 14.8 Å². The van der Waals surface area contributed by atoms with Gasteiger partial charge in [0.25, 0.3) is 0 Å². The number of benzene rings is 2. The molecule has 0 aliphatic heterocycles. The Morgan fingerprint density at radius 2 is 1.81 bits per heavy atom. The summed E-state index contributed by atoms with van der Waals surface area (Å²) in [6, 6.07) is 14.9. The molecular formula is C18H18N4O3S. The first-order chi connectivity index (χ1) is 12.7. The van der Waals surface area contributed by atoms with Crippen molar-refractivity contribution < 1.29 is 14.3 Å². The maximum atomic E-state index is 12.3. The first kappa shape index (κ1) is 17.8. The molecule has 7 nitrogen and oxygen atoms in total. The van der Waals surface area contributed by atoms with E-state index in [-0.39, 0.29) is 11.7 Å². The molecule has 1 N–H and O–H groups in total. The third kappa shape index (κ3) is 4.34. The first-order valence-electron chi connectivity index (χ1n) is 7.81. The fourth-order valence-electron chi connectivity index (χ4n) is 2.30. The van der Waals surface area contributed by atoms with E-state index < -0.39 is 0 Å². The predicted molar refractivity (Wildman–Crippen MR) is 100 cm³/mol. The van der Waals surface area contributed by atoms with Gasteiger partial charge in [-0.2, -0.15) is 0 Å². The summed E-state index contributed by atoms with van der Waals surface area (Å²) < 4.78 is 12.2. The Balaban J connectivity index is 1.65. The van der Waals surface area contributed by atoms with Crippen LogP contribution in [0.3, 0.4) is 0 Å². The van der Waals surface area contributed by atoms with Gasteiger partial charge in [0.05, 0.1) is 20.0 Å². The van der Waals surface area contributed by atoms with E-state index in [0.717, 1.165) is 5.69 Å². The second kappa shape index (κ2) is 8.39. The number of hydrogen-bond donors (Lipinski definition) is 1. The molecule has 0 aliphatic rings. The summed E-state index contributed by atoms with van der Waals surface area (Å²) >= 11 is 1.31. The van der Waals surface area contributed by atoms with E-state index in [9.17, 15) is 4.79 Å². The largest absolute Gasteiger partial charge is 0.497 e. The number of nitrogens with zero attached hydrogens (tertiary/aromatic N) is 3. The zero-order chi connectivity index (χ0) is 18.4. The summed E-state index contributed by atoms with van der Waals surface area (Å²) in [5.41, 5.74) is 1.55. The summed E-state index contributed by atoms with van der Waals surface area (Å²) in [7, 11) is 3.12. The molecule has 134 valence electrons. The molecule has 2 aromatic carbocycles. The highest BCUT2D eigenvalue weighted by Gasteiger charge is 2.11. The van der Waals surface area contributed by atoms with Crippen LogP contribution in [-0.4, -0.2) is 40.6 Å². The maximum Gasteiger partial charge on any atom is 0.234 e. The number of para-hydroxylation sites is 1. The molecule has 0 saturated carbocycles. The van der Waals surface area contributed by atoms with Crippen LogP contribution >= 0.6 is 11.8 Å². The normalized spacial score (nSPS) is 10.4. The van der Waals surface area contributed by atoms with Crippen LogP contribution in [0.25, 0.3) is 5.69 Å². The quantitative estimate of drug-likeness (QED) is 0.644. The Hall–Kier alpha value is -3.00. The number of methoxy groups -OCH3 is 2. The summed E-state index contributed by atoms with van der Waals surface area (Å²) in [6.07, 6.45) is 1.63. The van der Waals surface area contributed by atoms with Crippen molar-refractivity contribution in [3.8, 4) is 17.2 Å². The highest BCUT2D eigenvalue weighted by Crippen LogP contribution is 2.26. The van der Waals surface area contributed by atoms with Crippen LogP contribution in [0.2, 0.25) is 0 Å². The second-order valence-electron chi connectivity index (χ2n) is 5.26. The van der Waals surface area contributed by atoms with Gasteiger partial charge < -0.3 is 14.8 Å². The number of hydrogen-bond acceptors (Lipinski definition) is 6. The number of amides is 1. The number of carbonyl (C=O) groups excluding carboxylic acids is 1. The molecule has 1 heterocycles. The van der Waals surface area contributed by atoms with Gasteiger partial charge in [-0.1, -0.05) is 30.0 Å². The molecule has 0 saturated heterocycles. The molecule has 0 fully saturated rings. The number of nitrogens with one attached hydrogen (secondary N) is 1. The lowest BCUT2D eigenvalue weighted by Gasteiger charge is -2.10. The molecule has 0 aliphatic carbocycles. The SMILES string of the molecule is COc1cc(NC(=O)CSc2nncn2-c2ccccc2)cc(OC)c1. The molecule has 1 aromatic heterocycles. The second-order valence-corrected chi connectivity index (χ2v) is 6.20. The van der Waals surface area contributed by atoms with Crippen molar-refractivity contribution in [2.24, 2.45) is 0 Å². The van der Waals surface area contributed by atoms with E-state index in [2.05, 4.69) is 15.5 Å². The van der Waals surface area contributed by atoms with Gasteiger partial charge in [-0.3, -0.25) is 9.36 Å². The van der Waals surface area contributed by atoms with Crippen molar-refractivity contribution in [1.82, 2.24) is 14.8 Å². The van der Waals surface area contributed by atoms with Crippen molar-refractivity contribution in [3.05, 3.63) is 54.9 Å². The van der Waals surface area contributed by atoms with E-state index in [1.807, 2.05) is 34.9 Å². The van der Waals surface area contributed by atoms with Crippen molar-refractivity contribution in [1.29, 1.82) is 0 Å². The van der Waals surface area contributed by atoms with Crippen LogP contribution in [-0.2, 0) is 4.79 Å². The van der Waals surface area contributed by atoms with Crippen LogP contribution in [0.1, 0.15) is 0 Å². The minimum absolute atomic E-state index is 0.159. The minimum Gasteiger partial charge on any atom is -0.497 e. The van der Waals surface area contributed by atoms with E-state index in [0.29, 0.717) is 22.3 Å². The van der Waals surface area contributed by atoms with Crippen molar-refractivity contribution >= 4 is 23.4 Å². The highest BCUT2D eigenvalue weighted by atomic mass is 32.2. The Kier molecular flexibility index (Phi) is 5.75. The lowest BCUT2D eigenvalue weighted by atomic mass is 10.2. The molecule has 3 aromatic rings. The summed E-state index contributed by atoms with van der Waals surface area (Å²) in [6.45, 7) is 0. The van der Waals surface area contributed by atoms with Gasteiger partial charge in [0.1, 0.15) is 17.8 Å². The van der Waals surface area contributed by atoms with Gasteiger partial charge in [0.2, 0.25) is 5.91 Å². The molecule has 0 spiro atoms. The Bertz CT molecular complexity index is 861. The zero-order valence-corrected chi connectivity index (χ0v) is 15.2. The number of rotatable bonds is 7. The molecular weight excluding hydrogens is 352 g/mol. The maximum absolute atomic E-state index is 12.3. The molecule has 26 heavy (non-hydrogen) atoms. The molecule has 1 amide bonds. The molecule has 0 unspecified atom stereocenters. The van der Waals surface area contributed by atoms with Gasteiger partial charge in [0.15, 0.2) is 5.16 Å². The van der Waals surface area contributed by atoms with E-state index in [1.165, 1.54) is 11.8 Å². The Morgan fingerprint density at radius 1 is 1.12 bits per heavy atom. The third-order valence-corrected chi connectivity index (χ3v) is 4.46. The molecule has 0 radical (unpaired) electrons. The van der Waals surface area contributed by atoms with E-state index in [4.69, 9.17) is 9.47 Å². The Labute approximate surface area is 155 Å². The van der Waals surface area contributed by atoms with Crippen molar-refractivity contribution in [2.45, 2.75) is 5.16 Å². The number of ether oxygens (including phenoxy) is 2. The average Bonchev–Trinajstić information content (AvgIpc) is 3.15. The van der Waals surface area contributed by atoms with Gasteiger partial charge in [-0.15, -0.1) is 10.2 Å². The topological polar surface area (TPSA) is 78.3 Å². The summed E-state index contributed by atoms with van der Waals surface area (Å²) in [5.74, 6) is 1.26. The summed E-state index contributed by atoms with van der Waals surface area (Å²) in [4.78, 5) is 12.3. The molecule has 0 atom stereocenters. The van der Waals surface area contributed by atoms with Gasteiger partial charge in [-0.05, 0) is 12.1 Å². The summed E-state index contributed by atoms with van der Waals surface area (Å²) in [5, 5.41) is 11.5. The van der Waals surface area contributed by atoms with Crippen LogP contribution in [0, 0.1) is 0 Å². The lowest BCUT2D eigenvalue weighted by molar-refractivity contribution is -0.113. The number of carbonyl (C=O) groups is 1. The van der Waals surface area contributed by atoms with Gasteiger partial charge in [0, 0.05) is 29.6 Å². The standard InChI is InChI=1S/C18H18N4O3S/c1-24-15-8-13(9-16(10-15)25-2)20-17(23)11-26-18-21-19-12-22(18)14-6-4-3-5-7-14/h3-10,12H,11H2,1-2H3,(H,20,23). The fourth-order valence-corrected chi connectivity index (χ4v) is 3.02. The van der Waals surface area contributed by atoms with E-state index in [1.54, 1.807) is 38.7 Å². The predicted octanol–water partition coefficient (Wildman–Crippen LogP) is 3.02. The van der Waals surface area contributed by atoms with Crippen LogP contribution in [0.4, 0.5) is 5.69 Å². The van der Waals surface area contributed by atoms with Gasteiger partial charge in [-0.25, -0.2) is 0 Å². The molecule has 3 rings (SSSR count). The number of aromatic nitrogens is 3.